The molecule has 0 aliphatic heterocycles. The van der Waals surface area contributed by atoms with E-state index in [1.54, 1.807) is 28.6 Å². The van der Waals surface area contributed by atoms with E-state index in [1.165, 1.54) is 18.2 Å². The van der Waals surface area contributed by atoms with E-state index in [2.05, 4.69) is 17.2 Å². The summed E-state index contributed by atoms with van der Waals surface area (Å²) in [5.41, 5.74) is 1.30. The fourth-order valence-corrected chi connectivity index (χ4v) is 3.46. The molecular formula is C23H27F2N5O3. The molecule has 1 N–H and O–H groups in total. The van der Waals surface area contributed by atoms with Crippen molar-refractivity contribution in [1.29, 1.82) is 0 Å². The maximum absolute atomic E-state index is 12.9. The summed E-state index contributed by atoms with van der Waals surface area (Å²) in [6.07, 6.45) is 3.21. The predicted octanol–water partition coefficient (Wildman–Crippen LogP) is 4.29. The van der Waals surface area contributed by atoms with Crippen LogP contribution >= 0.6 is 0 Å². The molecule has 3 aromatic heterocycles. The first-order valence-corrected chi connectivity index (χ1v) is 10.7. The van der Waals surface area contributed by atoms with Crippen LogP contribution in [-0.4, -0.2) is 51.8 Å². The van der Waals surface area contributed by atoms with E-state index < -0.39 is 18.0 Å². The van der Waals surface area contributed by atoms with Gasteiger partial charge in [0, 0.05) is 38.0 Å². The zero-order chi connectivity index (χ0) is 24.0. The minimum Gasteiger partial charge on any atom is -0.491 e. The second-order valence-electron chi connectivity index (χ2n) is 7.60. The maximum Gasteiger partial charge on any atom is 0.280 e. The third-order valence-corrected chi connectivity index (χ3v) is 5.27. The van der Waals surface area contributed by atoms with Gasteiger partial charge in [0.15, 0.2) is 0 Å². The summed E-state index contributed by atoms with van der Waals surface area (Å²) in [5.74, 6) is -0.0575. The van der Waals surface area contributed by atoms with Crippen molar-refractivity contribution in [1.82, 2.24) is 19.3 Å². The summed E-state index contributed by atoms with van der Waals surface area (Å²) in [5, 5.41) is 2.70. The largest absolute Gasteiger partial charge is 0.491 e. The van der Waals surface area contributed by atoms with Gasteiger partial charge in [-0.1, -0.05) is 13.0 Å². The number of fused-ring (bicyclic) bond motifs is 1. The standard InChI is InChI=1S/C23H27F2N5O3/c1-4-15(9-10-29(3)14-31)18-12-30-13-19(20(33-5-2)11-21(30)27-18)28-23(32)17-8-6-7-16(26-17)22(24)25/h6-8,11-15,22H,4-5,9-10H2,1-3H3,(H,28,32). The molecule has 3 rings (SSSR count). The van der Waals surface area contributed by atoms with Gasteiger partial charge in [-0.05, 0) is 31.9 Å². The van der Waals surface area contributed by atoms with Crippen LogP contribution in [0.4, 0.5) is 14.5 Å². The van der Waals surface area contributed by atoms with Gasteiger partial charge in [0.2, 0.25) is 6.41 Å². The second kappa shape index (κ2) is 10.8. The lowest BCUT2D eigenvalue weighted by Gasteiger charge is -2.15. The molecule has 3 aromatic rings. The van der Waals surface area contributed by atoms with Crippen molar-refractivity contribution in [2.24, 2.45) is 0 Å². The smallest absolute Gasteiger partial charge is 0.280 e. The lowest BCUT2D eigenvalue weighted by atomic mass is 9.99. The Morgan fingerprint density at radius 3 is 2.70 bits per heavy atom. The normalized spacial score (nSPS) is 12.1. The van der Waals surface area contributed by atoms with Crippen molar-refractivity contribution in [3.05, 3.63) is 53.7 Å². The fraction of sp³-hybridized carbons (Fsp3) is 0.391. The third kappa shape index (κ3) is 5.82. The van der Waals surface area contributed by atoms with Crippen LogP contribution in [0.2, 0.25) is 0 Å². The Morgan fingerprint density at radius 1 is 1.24 bits per heavy atom. The van der Waals surface area contributed by atoms with E-state index >= 15 is 0 Å². The van der Waals surface area contributed by atoms with Gasteiger partial charge in [-0.25, -0.2) is 18.7 Å². The van der Waals surface area contributed by atoms with E-state index in [1.807, 2.05) is 13.1 Å². The molecule has 1 unspecified atom stereocenters. The van der Waals surface area contributed by atoms with Gasteiger partial charge in [0.1, 0.15) is 28.5 Å². The van der Waals surface area contributed by atoms with Gasteiger partial charge in [-0.3, -0.25) is 9.59 Å². The molecule has 0 radical (unpaired) electrons. The van der Waals surface area contributed by atoms with Gasteiger partial charge >= 0.3 is 0 Å². The number of nitrogens with zero attached hydrogens (tertiary/aromatic N) is 4. The van der Waals surface area contributed by atoms with Gasteiger partial charge in [0.25, 0.3) is 12.3 Å². The zero-order valence-corrected chi connectivity index (χ0v) is 18.8. The SMILES string of the molecule is CCOc1cc2nc(C(CC)CCN(C)C=O)cn2cc1NC(=O)c1cccc(C(F)F)n1. The molecule has 0 aliphatic carbocycles. The topological polar surface area (TPSA) is 88.8 Å². The molecule has 176 valence electrons. The Balaban J connectivity index is 1.89. The minimum absolute atomic E-state index is 0.119. The number of ether oxygens (including phenoxy) is 1. The Morgan fingerprint density at radius 2 is 2.03 bits per heavy atom. The summed E-state index contributed by atoms with van der Waals surface area (Å²) in [6.45, 7) is 4.86. The number of pyridine rings is 2. The third-order valence-electron chi connectivity index (χ3n) is 5.27. The molecule has 8 nitrogen and oxygen atoms in total. The van der Waals surface area contributed by atoms with Crippen LogP contribution in [0.1, 0.15) is 60.9 Å². The molecule has 33 heavy (non-hydrogen) atoms. The van der Waals surface area contributed by atoms with Crippen LogP contribution in [-0.2, 0) is 4.79 Å². The van der Waals surface area contributed by atoms with Gasteiger partial charge in [0.05, 0.1) is 12.3 Å². The van der Waals surface area contributed by atoms with Crippen molar-refractivity contribution in [3.8, 4) is 5.75 Å². The number of halogens is 2. The highest BCUT2D eigenvalue weighted by Crippen LogP contribution is 2.30. The number of alkyl halides is 2. The number of carbonyl (C=O) groups excluding carboxylic acids is 2. The molecule has 3 heterocycles. The molecule has 0 saturated heterocycles. The summed E-state index contributed by atoms with van der Waals surface area (Å²) >= 11 is 0. The van der Waals surface area contributed by atoms with Crippen LogP contribution in [0, 0.1) is 0 Å². The molecule has 0 bridgehead atoms. The summed E-state index contributed by atoms with van der Waals surface area (Å²) in [6, 6.07) is 5.63. The molecule has 1 atom stereocenters. The summed E-state index contributed by atoms with van der Waals surface area (Å²) in [7, 11) is 1.73. The number of aromatic nitrogens is 3. The molecule has 2 amide bonds. The first-order valence-electron chi connectivity index (χ1n) is 10.7. The number of rotatable bonds is 11. The van der Waals surface area contributed by atoms with E-state index in [-0.39, 0.29) is 11.6 Å². The number of carbonyl (C=O) groups is 2. The van der Waals surface area contributed by atoms with Gasteiger partial charge in [-0.2, -0.15) is 0 Å². The summed E-state index contributed by atoms with van der Waals surface area (Å²) in [4.78, 5) is 33.6. The Kier molecular flexibility index (Phi) is 7.92. The quantitative estimate of drug-likeness (QED) is 0.432. The number of imidazole rings is 1. The number of nitrogens with one attached hydrogen (secondary N) is 1. The van der Waals surface area contributed by atoms with E-state index in [9.17, 15) is 18.4 Å². The number of amides is 2. The lowest BCUT2D eigenvalue weighted by Crippen LogP contribution is -2.19. The fourth-order valence-electron chi connectivity index (χ4n) is 3.46. The Labute approximate surface area is 190 Å². The average Bonchev–Trinajstić information content (AvgIpc) is 3.22. The molecule has 0 spiro atoms. The van der Waals surface area contributed by atoms with Crippen molar-refractivity contribution in [2.75, 3.05) is 25.5 Å². The second-order valence-corrected chi connectivity index (χ2v) is 7.60. The molecular weight excluding hydrogens is 432 g/mol. The van der Waals surface area contributed by atoms with Crippen LogP contribution in [0.5, 0.6) is 5.75 Å². The highest BCUT2D eigenvalue weighted by molar-refractivity contribution is 6.03. The highest BCUT2D eigenvalue weighted by atomic mass is 19.3. The van der Waals surface area contributed by atoms with Crippen molar-refractivity contribution in [3.63, 3.8) is 0 Å². The van der Waals surface area contributed by atoms with Gasteiger partial charge in [-0.15, -0.1) is 0 Å². The van der Waals surface area contributed by atoms with E-state index in [0.717, 1.165) is 24.9 Å². The molecule has 0 aromatic carbocycles. The predicted molar refractivity (Wildman–Crippen MR) is 120 cm³/mol. The van der Waals surface area contributed by atoms with E-state index in [0.29, 0.717) is 30.2 Å². The molecule has 0 fully saturated rings. The Bertz CT molecular complexity index is 1120. The first kappa shape index (κ1) is 24.1. The van der Waals surface area contributed by atoms with Crippen LogP contribution in [0.25, 0.3) is 5.65 Å². The maximum atomic E-state index is 12.9. The molecule has 0 aliphatic rings. The van der Waals surface area contributed by atoms with Gasteiger partial charge < -0.3 is 19.4 Å². The van der Waals surface area contributed by atoms with Crippen molar-refractivity contribution in [2.45, 2.75) is 39.0 Å². The highest BCUT2D eigenvalue weighted by Gasteiger charge is 2.18. The zero-order valence-electron chi connectivity index (χ0n) is 18.8. The molecule has 0 saturated carbocycles. The number of anilines is 1. The number of hydrogen-bond acceptors (Lipinski definition) is 5. The van der Waals surface area contributed by atoms with E-state index in [4.69, 9.17) is 9.72 Å². The van der Waals surface area contributed by atoms with Crippen LogP contribution < -0.4 is 10.1 Å². The molecule has 10 heteroatoms. The minimum atomic E-state index is -2.77. The van der Waals surface area contributed by atoms with Crippen LogP contribution in [0.3, 0.4) is 0 Å². The Hall–Kier alpha value is -3.56. The van der Waals surface area contributed by atoms with Crippen molar-refractivity contribution < 1.29 is 23.1 Å². The monoisotopic (exact) mass is 459 g/mol. The average molecular weight is 459 g/mol. The number of hydrogen-bond donors (Lipinski definition) is 1. The first-order chi connectivity index (χ1) is 15.9. The summed E-state index contributed by atoms with van der Waals surface area (Å²) < 4.78 is 33.4. The van der Waals surface area contributed by atoms with Crippen LogP contribution in [0.15, 0.2) is 36.7 Å². The lowest BCUT2D eigenvalue weighted by molar-refractivity contribution is -0.117. The van der Waals surface area contributed by atoms with Crippen molar-refractivity contribution >= 4 is 23.7 Å².